The molecule has 2 heteroatoms. The van der Waals surface area contributed by atoms with Crippen LogP contribution in [-0.2, 0) is 0 Å². The summed E-state index contributed by atoms with van der Waals surface area (Å²) in [6.07, 6.45) is 26.7. The molecule has 0 radical (unpaired) electrons. The molecule has 0 atom stereocenters. The predicted molar refractivity (Wildman–Crippen MR) is 157 cm³/mol. The van der Waals surface area contributed by atoms with Gasteiger partial charge in [-0.1, -0.05) is 189 Å². The van der Waals surface area contributed by atoms with Gasteiger partial charge in [0.1, 0.15) is 0 Å². The Hall–Kier alpha value is 1.06. The molecule has 0 nitrogen and oxygen atoms in total. The van der Waals surface area contributed by atoms with Crippen LogP contribution in [-0.4, -0.2) is 28.3 Å². The summed E-state index contributed by atoms with van der Waals surface area (Å²) in [6, 6.07) is 0. The largest absolute Gasteiger partial charge is 0.261 e. The molecule has 32 heavy (non-hydrogen) atoms. The van der Waals surface area contributed by atoms with Crippen molar-refractivity contribution in [3.8, 4) is 0 Å². The first-order valence-electron chi connectivity index (χ1n) is 15.7. The van der Waals surface area contributed by atoms with E-state index in [-0.39, 0.29) is 14.1 Å². The van der Waals surface area contributed by atoms with Crippen LogP contribution in [0.1, 0.15) is 157 Å². The minimum Gasteiger partial charge on any atom is -0.0967 e. The average molecular weight is 481 g/mol. The highest BCUT2D eigenvalue weighted by Crippen LogP contribution is 2.20. The van der Waals surface area contributed by atoms with E-state index >= 15 is 0 Å². The van der Waals surface area contributed by atoms with Gasteiger partial charge >= 0.3 is 0 Å². The van der Waals surface area contributed by atoms with Crippen molar-refractivity contribution in [3.05, 3.63) is 0 Å². The standard InChI is InChI=1S/3C8H17.3C2H5.2Al/c3*1-3-5-7-8-6-4-2;3*1-2;;/h3*1,3-8H2,2H3;3*1H2,2H3;;. The molecule has 0 saturated carbocycles. The molecule has 0 aromatic heterocycles. The average Bonchev–Trinajstić information content (AvgIpc) is 2.81. The van der Waals surface area contributed by atoms with Crippen LogP contribution in [0.4, 0.5) is 0 Å². The Bertz CT molecular complexity index is 258. The first kappa shape index (κ1) is 35.2. The van der Waals surface area contributed by atoms with E-state index in [1.807, 2.05) is 0 Å². The van der Waals surface area contributed by atoms with E-state index in [2.05, 4.69) is 41.5 Å². The quantitative estimate of drug-likeness (QED) is 0.0951. The van der Waals surface area contributed by atoms with Gasteiger partial charge in [0.05, 0.1) is 0 Å². The summed E-state index contributed by atoms with van der Waals surface area (Å²) in [7, 11) is 0. The van der Waals surface area contributed by atoms with E-state index in [0.717, 1.165) is 0 Å². The lowest BCUT2D eigenvalue weighted by atomic mass is 10.1. The molecule has 0 bridgehead atoms. The molecule has 0 aliphatic carbocycles. The van der Waals surface area contributed by atoms with Crippen LogP contribution >= 0.6 is 0 Å². The molecule has 0 spiro atoms. The molecule has 0 saturated heterocycles. The Morgan fingerprint density at radius 2 is 0.531 bits per heavy atom. The minimum absolute atomic E-state index is 0.171. The molecule has 0 aliphatic heterocycles. The SMILES string of the molecule is CCCCCCC[CH2][Al]([CH2]CCCCCCC)[CH2]CCCCCCC.C[CH2][Al]([CH2]C)[CH2]C. The van der Waals surface area contributed by atoms with Crippen molar-refractivity contribution in [2.24, 2.45) is 0 Å². The van der Waals surface area contributed by atoms with Crippen LogP contribution in [0.2, 0.25) is 31.7 Å². The van der Waals surface area contributed by atoms with E-state index in [0.29, 0.717) is 0 Å². The summed E-state index contributed by atoms with van der Waals surface area (Å²) in [4.78, 5) is 0. The number of hydrogen-bond donors (Lipinski definition) is 0. The summed E-state index contributed by atoms with van der Waals surface area (Å²) < 4.78 is 0. The van der Waals surface area contributed by atoms with Crippen LogP contribution in [0.25, 0.3) is 0 Å². The molecule has 0 rings (SSSR count). The third kappa shape index (κ3) is 29.1. The topological polar surface area (TPSA) is 0 Å². The van der Waals surface area contributed by atoms with Crippen LogP contribution in [0.3, 0.4) is 0 Å². The third-order valence-electron chi connectivity index (χ3n) is 7.63. The zero-order chi connectivity index (χ0) is 24.1. The minimum atomic E-state index is -0.410. The highest BCUT2D eigenvalue weighted by atomic mass is 27.2. The molecule has 0 aliphatic rings. The summed E-state index contributed by atoms with van der Waals surface area (Å²) in [5.41, 5.74) is 0. The Morgan fingerprint density at radius 1 is 0.281 bits per heavy atom. The number of rotatable bonds is 24. The molecular formula is C30H66Al2. The predicted octanol–water partition coefficient (Wildman–Crippen LogP) is 12.1. The van der Waals surface area contributed by atoms with E-state index < -0.39 is 14.1 Å². The normalized spacial score (nSPS) is 10.7. The van der Waals surface area contributed by atoms with Crippen molar-refractivity contribution in [2.45, 2.75) is 189 Å². The molecule has 0 aromatic rings. The van der Waals surface area contributed by atoms with Gasteiger partial charge in [0, 0.05) is 0 Å². The van der Waals surface area contributed by atoms with E-state index in [9.17, 15) is 0 Å². The summed E-state index contributed by atoms with van der Waals surface area (Å²) in [6.45, 7) is 13.9. The smallest absolute Gasteiger partial charge is 0.0967 e. The number of unbranched alkanes of at least 4 members (excludes halogenated alkanes) is 15. The van der Waals surface area contributed by atoms with Gasteiger partial charge < -0.3 is 0 Å². The van der Waals surface area contributed by atoms with Crippen LogP contribution < -0.4 is 0 Å². The first-order valence-corrected chi connectivity index (χ1v) is 20.6. The second-order valence-electron chi connectivity index (χ2n) is 10.6. The molecule has 0 N–H and O–H groups in total. The Kier molecular flexibility index (Phi) is 35.3. The van der Waals surface area contributed by atoms with Gasteiger partial charge in [-0.15, -0.1) is 0 Å². The van der Waals surface area contributed by atoms with Gasteiger partial charge in [0.15, 0.2) is 0 Å². The van der Waals surface area contributed by atoms with Crippen molar-refractivity contribution in [2.75, 3.05) is 0 Å². The Balaban J connectivity index is 0. The summed E-state index contributed by atoms with van der Waals surface area (Å²) in [5, 5.41) is 9.47. The summed E-state index contributed by atoms with van der Waals surface area (Å²) in [5.74, 6) is 0. The van der Waals surface area contributed by atoms with Crippen molar-refractivity contribution in [3.63, 3.8) is 0 Å². The monoisotopic (exact) mass is 480 g/mol. The Morgan fingerprint density at radius 3 is 0.750 bits per heavy atom. The fourth-order valence-electron chi connectivity index (χ4n) is 4.94. The van der Waals surface area contributed by atoms with Crippen molar-refractivity contribution in [1.29, 1.82) is 0 Å². The highest BCUT2D eigenvalue weighted by Gasteiger charge is 2.15. The second kappa shape index (κ2) is 32.1. The van der Waals surface area contributed by atoms with E-state index in [1.165, 1.54) is 112 Å². The molecule has 0 heterocycles. The van der Waals surface area contributed by atoms with Crippen LogP contribution in [0, 0.1) is 0 Å². The molecule has 192 valence electrons. The van der Waals surface area contributed by atoms with Crippen molar-refractivity contribution in [1.82, 2.24) is 0 Å². The zero-order valence-corrected chi connectivity index (χ0v) is 26.4. The van der Waals surface area contributed by atoms with Gasteiger partial charge in [0.2, 0.25) is 0 Å². The first-order chi connectivity index (χ1) is 15.7. The van der Waals surface area contributed by atoms with Crippen molar-refractivity contribution < 1.29 is 0 Å². The molecular weight excluding hydrogens is 414 g/mol. The maximum absolute atomic E-state index is 2.32. The Labute approximate surface area is 216 Å². The van der Waals surface area contributed by atoms with Gasteiger partial charge in [0.25, 0.3) is 28.3 Å². The van der Waals surface area contributed by atoms with Gasteiger partial charge in [-0.3, -0.25) is 0 Å². The fourth-order valence-corrected chi connectivity index (χ4v) is 10.1. The van der Waals surface area contributed by atoms with E-state index in [4.69, 9.17) is 0 Å². The maximum atomic E-state index is 2.32. The highest BCUT2D eigenvalue weighted by molar-refractivity contribution is 6.58. The van der Waals surface area contributed by atoms with Crippen molar-refractivity contribution >= 4 is 28.3 Å². The van der Waals surface area contributed by atoms with Gasteiger partial charge in [-0.05, 0) is 0 Å². The molecule has 0 fully saturated rings. The fraction of sp³-hybridized carbons (Fsp3) is 1.00. The third-order valence-corrected chi connectivity index (χ3v) is 14.8. The number of hydrogen-bond acceptors (Lipinski definition) is 0. The zero-order valence-electron chi connectivity index (χ0n) is 24.1. The van der Waals surface area contributed by atoms with Gasteiger partial charge in [-0.2, -0.15) is 0 Å². The maximum Gasteiger partial charge on any atom is 0.261 e. The molecule has 0 unspecified atom stereocenters. The lowest BCUT2D eigenvalue weighted by Crippen LogP contribution is -2.12. The molecule has 0 aromatic carbocycles. The second-order valence-corrected chi connectivity index (χ2v) is 18.3. The van der Waals surface area contributed by atoms with E-state index in [1.54, 1.807) is 35.1 Å². The van der Waals surface area contributed by atoms with Gasteiger partial charge in [-0.25, -0.2) is 0 Å². The summed E-state index contributed by atoms with van der Waals surface area (Å²) >= 11 is -0.582. The lowest BCUT2D eigenvalue weighted by molar-refractivity contribution is 0.610. The molecule has 0 amide bonds. The van der Waals surface area contributed by atoms with Crippen LogP contribution in [0.5, 0.6) is 0 Å². The van der Waals surface area contributed by atoms with Crippen LogP contribution in [0.15, 0.2) is 0 Å². The lowest BCUT2D eigenvalue weighted by Gasteiger charge is -2.12.